The zero-order chi connectivity index (χ0) is 23.7. The number of hydrogen-bond donors (Lipinski definition) is 1. The molecular weight excluding hydrogens is 440 g/mol. The summed E-state index contributed by atoms with van der Waals surface area (Å²) in [5, 5.41) is 2.78. The molecule has 2 aromatic rings. The lowest BCUT2D eigenvalue weighted by atomic mass is 10.1. The Balaban J connectivity index is 1.49. The van der Waals surface area contributed by atoms with E-state index in [-0.39, 0.29) is 17.5 Å². The molecule has 8 heteroatoms. The quantitative estimate of drug-likeness (QED) is 0.469. The molecule has 1 fully saturated rings. The molecule has 1 unspecified atom stereocenters. The van der Waals surface area contributed by atoms with Crippen LogP contribution >= 0.6 is 0 Å². The molecule has 0 aliphatic carbocycles. The molecule has 1 heterocycles. The number of sulfonamides is 1. The molecule has 0 bridgehead atoms. The highest BCUT2D eigenvalue weighted by atomic mass is 32.2. The van der Waals surface area contributed by atoms with Gasteiger partial charge in [-0.2, -0.15) is 4.31 Å². The molecule has 1 N–H and O–H groups in total. The summed E-state index contributed by atoms with van der Waals surface area (Å²) in [5.41, 5.74) is 1.61. The molecule has 1 saturated heterocycles. The maximum absolute atomic E-state index is 12.8. The fourth-order valence-electron chi connectivity index (χ4n) is 3.64. The van der Waals surface area contributed by atoms with Crippen LogP contribution in [0.3, 0.4) is 0 Å². The lowest BCUT2D eigenvalue weighted by Crippen LogP contribution is -2.31. The lowest BCUT2D eigenvalue weighted by molar-refractivity contribution is -0.144. The van der Waals surface area contributed by atoms with Crippen molar-refractivity contribution >= 4 is 28.0 Å². The van der Waals surface area contributed by atoms with Crippen LogP contribution in [-0.2, 0) is 24.3 Å². The SMILES string of the molecule is CC(NC(=O)COC(=O)C=Cc1ccc(S(=O)(=O)N2CCCCCC2)cc1)c1ccccc1. The van der Waals surface area contributed by atoms with Crippen LogP contribution in [0, 0.1) is 0 Å². The van der Waals surface area contributed by atoms with Crippen molar-refractivity contribution in [3.63, 3.8) is 0 Å². The Kier molecular flexibility index (Phi) is 8.79. The third-order valence-corrected chi connectivity index (χ3v) is 7.43. The highest BCUT2D eigenvalue weighted by molar-refractivity contribution is 7.89. The van der Waals surface area contributed by atoms with Crippen LogP contribution < -0.4 is 5.32 Å². The van der Waals surface area contributed by atoms with Crippen LogP contribution in [0.2, 0.25) is 0 Å². The number of esters is 1. The average molecular weight is 471 g/mol. The van der Waals surface area contributed by atoms with E-state index in [2.05, 4.69) is 5.32 Å². The van der Waals surface area contributed by atoms with E-state index in [0.717, 1.165) is 31.2 Å². The van der Waals surface area contributed by atoms with Crippen LogP contribution in [0.4, 0.5) is 0 Å². The van der Waals surface area contributed by atoms with E-state index >= 15 is 0 Å². The largest absolute Gasteiger partial charge is 0.452 e. The Bertz CT molecular complexity index is 1060. The first-order valence-corrected chi connectivity index (χ1v) is 12.6. The van der Waals surface area contributed by atoms with Gasteiger partial charge in [-0.25, -0.2) is 13.2 Å². The number of carbonyl (C=O) groups excluding carboxylic acids is 2. The molecular formula is C25H30N2O5S. The fourth-order valence-corrected chi connectivity index (χ4v) is 5.16. The predicted molar refractivity (Wildman–Crippen MR) is 127 cm³/mol. The van der Waals surface area contributed by atoms with Crippen molar-refractivity contribution < 1.29 is 22.7 Å². The van der Waals surface area contributed by atoms with Gasteiger partial charge in [0.05, 0.1) is 10.9 Å². The highest BCUT2D eigenvalue weighted by Crippen LogP contribution is 2.21. The average Bonchev–Trinajstić information content (AvgIpc) is 3.12. The standard InChI is InChI=1S/C25H30N2O5S/c1-20(22-9-5-4-6-10-22)26-24(28)19-32-25(29)16-13-21-11-14-23(15-12-21)33(30,31)27-17-7-2-3-8-18-27/h4-6,9-16,20H,2-3,7-8,17-19H2,1H3,(H,26,28). The fraction of sp³-hybridized carbons (Fsp3) is 0.360. The smallest absolute Gasteiger partial charge is 0.331 e. The second-order valence-electron chi connectivity index (χ2n) is 8.03. The van der Waals surface area contributed by atoms with Gasteiger partial charge in [0.2, 0.25) is 10.0 Å². The molecule has 33 heavy (non-hydrogen) atoms. The molecule has 176 valence electrons. The van der Waals surface area contributed by atoms with Gasteiger partial charge in [0.1, 0.15) is 0 Å². The summed E-state index contributed by atoms with van der Waals surface area (Å²) in [6, 6.07) is 15.7. The van der Waals surface area contributed by atoms with Crippen molar-refractivity contribution in [1.82, 2.24) is 9.62 Å². The van der Waals surface area contributed by atoms with Crippen LogP contribution in [0.25, 0.3) is 6.08 Å². The predicted octanol–water partition coefficient (Wildman–Crippen LogP) is 3.69. The van der Waals surface area contributed by atoms with E-state index in [9.17, 15) is 18.0 Å². The molecule has 7 nitrogen and oxygen atoms in total. The van der Waals surface area contributed by atoms with E-state index in [4.69, 9.17) is 4.74 Å². The van der Waals surface area contributed by atoms with Gasteiger partial charge in [-0.3, -0.25) is 4.79 Å². The first-order valence-electron chi connectivity index (χ1n) is 11.2. The Hall–Kier alpha value is -2.97. The molecule has 1 atom stereocenters. The van der Waals surface area contributed by atoms with Gasteiger partial charge in [0.25, 0.3) is 5.91 Å². The first-order chi connectivity index (χ1) is 15.9. The normalized spacial score (nSPS) is 16.2. The van der Waals surface area contributed by atoms with E-state index in [1.165, 1.54) is 12.2 Å². The number of nitrogens with zero attached hydrogens (tertiary/aromatic N) is 1. The maximum atomic E-state index is 12.8. The minimum atomic E-state index is -3.51. The lowest BCUT2D eigenvalue weighted by Gasteiger charge is -2.19. The molecule has 0 aromatic heterocycles. The first kappa shape index (κ1) is 24.7. The Morgan fingerprint density at radius 2 is 1.64 bits per heavy atom. The van der Waals surface area contributed by atoms with Crippen molar-refractivity contribution in [2.75, 3.05) is 19.7 Å². The van der Waals surface area contributed by atoms with Crippen molar-refractivity contribution in [3.05, 3.63) is 71.8 Å². The number of benzene rings is 2. The monoisotopic (exact) mass is 470 g/mol. The summed E-state index contributed by atoms with van der Waals surface area (Å²) in [5.74, 6) is -1.05. The van der Waals surface area contributed by atoms with Gasteiger partial charge in [0, 0.05) is 19.2 Å². The molecule has 0 saturated carbocycles. The molecule has 0 radical (unpaired) electrons. The van der Waals surface area contributed by atoms with Gasteiger partial charge >= 0.3 is 5.97 Å². The van der Waals surface area contributed by atoms with Crippen molar-refractivity contribution in [2.45, 2.75) is 43.5 Å². The van der Waals surface area contributed by atoms with Crippen LogP contribution in [0.1, 0.15) is 49.8 Å². The summed E-state index contributed by atoms with van der Waals surface area (Å²) in [4.78, 5) is 24.2. The van der Waals surface area contributed by atoms with E-state index < -0.39 is 21.9 Å². The molecule has 0 spiro atoms. The molecule has 3 rings (SSSR count). The van der Waals surface area contributed by atoms with Gasteiger partial charge in [-0.05, 0) is 49.1 Å². The number of hydrogen-bond acceptors (Lipinski definition) is 5. The van der Waals surface area contributed by atoms with Crippen molar-refractivity contribution in [3.8, 4) is 0 Å². The number of rotatable bonds is 8. The van der Waals surface area contributed by atoms with Gasteiger partial charge in [0.15, 0.2) is 6.61 Å². The second-order valence-corrected chi connectivity index (χ2v) is 9.97. The minimum absolute atomic E-state index is 0.197. The molecule has 1 aliphatic rings. The summed E-state index contributed by atoms with van der Waals surface area (Å²) in [6.07, 6.45) is 6.61. The zero-order valence-electron chi connectivity index (χ0n) is 18.8. The van der Waals surface area contributed by atoms with Crippen LogP contribution in [0.5, 0.6) is 0 Å². The zero-order valence-corrected chi connectivity index (χ0v) is 19.6. The van der Waals surface area contributed by atoms with E-state index in [1.807, 2.05) is 37.3 Å². The third kappa shape index (κ3) is 7.27. The number of ether oxygens (including phenoxy) is 1. The van der Waals surface area contributed by atoms with Crippen molar-refractivity contribution in [2.24, 2.45) is 0 Å². The highest BCUT2D eigenvalue weighted by Gasteiger charge is 2.24. The van der Waals surface area contributed by atoms with Gasteiger partial charge in [-0.15, -0.1) is 0 Å². The summed E-state index contributed by atoms with van der Waals surface area (Å²) in [7, 11) is -3.51. The summed E-state index contributed by atoms with van der Waals surface area (Å²) >= 11 is 0. The topological polar surface area (TPSA) is 92.8 Å². The van der Waals surface area contributed by atoms with Crippen LogP contribution in [-0.4, -0.2) is 44.3 Å². The maximum Gasteiger partial charge on any atom is 0.331 e. The van der Waals surface area contributed by atoms with Crippen molar-refractivity contribution in [1.29, 1.82) is 0 Å². The second kappa shape index (κ2) is 11.8. The molecule has 1 amide bonds. The third-order valence-electron chi connectivity index (χ3n) is 5.52. The van der Waals surface area contributed by atoms with E-state index in [1.54, 1.807) is 28.6 Å². The number of carbonyl (C=O) groups is 2. The number of amides is 1. The Labute approximate surface area is 195 Å². The van der Waals surface area contributed by atoms with E-state index in [0.29, 0.717) is 18.7 Å². The Morgan fingerprint density at radius 3 is 2.27 bits per heavy atom. The molecule has 2 aromatic carbocycles. The minimum Gasteiger partial charge on any atom is -0.452 e. The van der Waals surface area contributed by atoms with Crippen LogP contribution in [0.15, 0.2) is 65.6 Å². The van der Waals surface area contributed by atoms with Gasteiger partial charge in [-0.1, -0.05) is 55.3 Å². The number of nitrogens with one attached hydrogen (secondary N) is 1. The Morgan fingerprint density at radius 1 is 1.00 bits per heavy atom. The summed E-state index contributed by atoms with van der Waals surface area (Å²) < 4.78 is 32.2. The summed E-state index contributed by atoms with van der Waals surface area (Å²) in [6.45, 7) is 2.57. The van der Waals surface area contributed by atoms with Gasteiger partial charge < -0.3 is 10.1 Å². The molecule has 1 aliphatic heterocycles.